The molecule has 0 radical (unpaired) electrons. The van der Waals surface area contributed by atoms with Crippen molar-refractivity contribution in [2.45, 2.75) is 30.6 Å². The molecule has 4 heteroatoms. The van der Waals surface area contributed by atoms with Gasteiger partial charge in [-0.05, 0) is 43.5 Å². The Kier molecular flexibility index (Phi) is 5.05. The first-order valence-electron chi connectivity index (χ1n) is 6.42. The second kappa shape index (κ2) is 6.78. The van der Waals surface area contributed by atoms with E-state index in [4.69, 9.17) is 0 Å². The zero-order chi connectivity index (χ0) is 12.8. The molecule has 0 unspecified atom stereocenters. The number of piperidine rings is 1. The second-order valence-corrected chi connectivity index (χ2v) is 5.66. The maximum atomic E-state index is 12.7. The number of hydrogen-bond acceptors (Lipinski definition) is 2. The Bertz CT molecular complexity index is 387. The van der Waals surface area contributed by atoms with Crippen LogP contribution in [0.3, 0.4) is 0 Å². The lowest BCUT2D eigenvalue weighted by molar-refractivity contribution is -0.131. The van der Waals surface area contributed by atoms with E-state index in [-0.39, 0.29) is 11.7 Å². The summed E-state index contributed by atoms with van der Waals surface area (Å²) in [6.45, 7) is 1.83. The van der Waals surface area contributed by atoms with Crippen LogP contribution < -0.4 is 0 Å². The minimum Gasteiger partial charge on any atom is -0.343 e. The molecule has 1 aliphatic rings. The predicted octanol–water partition coefficient (Wildman–Crippen LogP) is 3.32. The number of amides is 1. The number of benzene rings is 1. The fraction of sp³-hybridized carbons (Fsp3) is 0.500. The second-order valence-electron chi connectivity index (χ2n) is 4.49. The van der Waals surface area contributed by atoms with Gasteiger partial charge in [0.1, 0.15) is 5.82 Å². The highest BCUT2D eigenvalue weighted by molar-refractivity contribution is 7.99. The van der Waals surface area contributed by atoms with Gasteiger partial charge in [0.2, 0.25) is 5.91 Å². The van der Waals surface area contributed by atoms with Gasteiger partial charge in [-0.3, -0.25) is 4.79 Å². The number of nitrogens with zero attached hydrogens (tertiary/aromatic N) is 1. The molecule has 0 aliphatic carbocycles. The molecule has 0 N–H and O–H groups in total. The lowest BCUT2D eigenvalue weighted by Gasteiger charge is -2.26. The number of rotatable bonds is 4. The van der Waals surface area contributed by atoms with Crippen LogP contribution in [-0.2, 0) is 4.79 Å². The zero-order valence-corrected chi connectivity index (χ0v) is 11.2. The number of thioether (sulfide) groups is 1. The van der Waals surface area contributed by atoms with Crippen molar-refractivity contribution in [1.82, 2.24) is 4.90 Å². The Morgan fingerprint density at radius 3 is 2.50 bits per heavy atom. The number of likely N-dealkylation sites (tertiary alicyclic amines) is 1. The van der Waals surface area contributed by atoms with Gasteiger partial charge in [0, 0.05) is 30.2 Å². The number of hydrogen-bond donors (Lipinski definition) is 0. The molecule has 1 amide bonds. The van der Waals surface area contributed by atoms with E-state index in [0.717, 1.165) is 36.6 Å². The molecule has 18 heavy (non-hydrogen) atoms. The Morgan fingerprint density at radius 2 is 1.83 bits per heavy atom. The molecular weight excluding hydrogens is 249 g/mol. The minimum atomic E-state index is -0.219. The van der Waals surface area contributed by atoms with Crippen molar-refractivity contribution in [2.24, 2.45) is 0 Å². The summed E-state index contributed by atoms with van der Waals surface area (Å²) in [5.41, 5.74) is 0. The average Bonchev–Trinajstić information content (AvgIpc) is 2.42. The number of carbonyl (C=O) groups is 1. The minimum absolute atomic E-state index is 0.219. The molecule has 1 fully saturated rings. The summed E-state index contributed by atoms with van der Waals surface area (Å²) in [6, 6.07) is 6.42. The van der Waals surface area contributed by atoms with Gasteiger partial charge in [-0.15, -0.1) is 11.8 Å². The topological polar surface area (TPSA) is 20.3 Å². The SMILES string of the molecule is O=C(CCSc1ccc(F)cc1)N1CCCCC1. The first kappa shape index (κ1) is 13.4. The summed E-state index contributed by atoms with van der Waals surface area (Å²) in [6.07, 6.45) is 4.09. The van der Waals surface area contributed by atoms with Crippen LogP contribution in [0.2, 0.25) is 0 Å². The molecule has 1 aromatic carbocycles. The van der Waals surface area contributed by atoms with Crippen molar-refractivity contribution in [3.8, 4) is 0 Å². The number of carbonyl (C=O) groups excluding carboxylic acids is 1. The molecule has 0 bridgehead atoms. The van der Waals surface area contributed by atoms with E-state index in [1.807, 2.05) is 4.90 Å². The summed E-state index contributed by atoms with van der Waals surface area (Å²) in [5.74, 6) is 0.800. The standard InChI is InChI=1S/C14H18FNOS/c15-12-4-6-13(7-5-12)18-11-8-14(17)16-9-2-1-3-10-16/h4-7H,1-3,8-11H2. The van der Waals surface area contributed by atoms with E-state index in [1.54, 1.807) is 23.9 Å². The molecule has 1 aromatic rings. The van der Waals surface area contributed by atoms with Crippen molar-refractivity contribution < 1.29 is 9.18 Å². The lowest BCUT2D eigenvalue weighted by atomic mass is 10.1. The molecule has 0 aromatic heterocycles. The van der Waals surface area contributed by atoms with Gasteiger partial charge in [-0.1, -0.05) is 0 Å². The van der Waals surface area contributed by atoms with E-state index in [0.29, 0.717) is 6.42 Å². The maximum Gasteiger partial charge on any atom is 0.223 e. The smallest absolute Gasteiger partial charge is 0.223 e. The van der Waals surface area contributed by atoms with Crippen molar-refractivity contribution in [3.05, 3.63) is 30.1 Å². The molecule has 0 saturated carbocycles. The van der Waals surface area contributed by atoms with Gasteiger partial charge < -0.3 is 4.90 Å². The van der Waals surface area contributed by atoms with Gasteiger partial charge in [-0.25, -0.2) is 4.39 Å². The van der Waals surface area contributed by atoms with Crippen molar-refractivity contribution in [2.75, 3.05) is 18.8 Å². The van der Waals surface area contributed by atoms with Gasteiger partial charge in [-0.2, -0.15) is 0 Å². The fourth-order valence-electron chi connectivity index (χ4n) is 2.09. The van der Waals surface area contributed by atoms with Crippen LogP contribution in [0.1, 0.15) is 25.7 Å². The van der Waals surface area contributed by atoms with E-state index in [9.17, 15) is 9.18 Å². The van der Waals surface area contributed by atoms with Crippen LogP contribution in [0.25, 0.3) is 0 Å². The highest BCUT2D eigenvalue weighted by Gasteiger charge is 2.15. The summed E-state index contributed by atoms with van der Waals surface area (Å²) < 4.78 is 12.7. The highest BCUT2D eigenvalue weighted by atomic mass is 32.2. The van der Waals surface area contributed by atoms with Crippen molar-refractivity contribution >= 4 is 17.7 Å². The van der Waals surface area contributed by atoms with E-state index in [1.165, 1.54) is 18.6 Å². The van der Waals surface area contributed by atoms with Crippen LogP contribution in [0.5, 0.6) is 0 Å². The van der Waals surface area contributed by atoms with Gasteiger partial charge >= 0.3 is 0 Å². The average molecular weight is 267 g/mol. The Balaban J connectivity index is 1.71. The first-order chi connectivity index (χ1) is 8.75. The normalized spacial score (nSPS) is 15.7. The summed E-state index contributed by atoms with van der Waals surface area (Å²) in [4.78, 5) is 14.9. The van der Waals surface area contributed by atoms with Crippen LogP contribution in [0.4, 0.5) is 4.39 Å². The maximum absolute atomic E-state index is 12.7. The summed E-state index contributed by atoms with van der Waals surface area (Å²) >= 11 is 1.61. The predicted molar refractivity (Wildman–Crippen MR) is 72.2 cm³/mol. The van der Waals surface area contributed by atoms with Crippen molar-refractivity contribution in [1.29, 1.82) is 0 Å². The molecule has 1 saturated heterocycles. The number of halogens is 1. The van der Waals surface area contributed by atoms with Gasteiger partial charge in [0.25, 0.3) is 0 Å². The molecule has 0 atom stereocenters. The quantitative estimate of drug-likeness (QED) is 0.780. The van der Waals surface area contributed by atoms with Gasteiger partial charge in [0.05, 0.1) is 0 Å². The van der Waals surface area contributed by atoms with E-state index in [2.05, 4.69) is 0 Å². The molecule has 0 spiro atoms. The molecular formula is C14H18FNOS. The van der Waals surface area contributed by atoms with Crippen molar-refractivity contribution in [3.63, 3.8) is 0 Å². The molecule has 98 valence electrons. The van der Waals surface area contributed by atoms with Crippen LogP contribution in [-0.4, -0.2) is 29.6 Å². The van der Waals surface area contributed by atoms with Gasteiger partial charge in [0.15, 0.2) is 0 Å². The lowest BCUT2D eigenvalue weighted by Crippen LogP contribution is -2.35. The Labute approximate surface area is 112 Å². The molecule has 2 rings (SSSR count). The molecule has 1 heterocycles. The van der Waals surface area contributed by atoms with Crippen LogP contribution in [0.15, 0.2) is 29.2 Å². The third-order valence-corrected chi connectivity index (χ3v) is 4.12. The summed E-state index contributed by atoms with van der Waals surface area (Å²) in [5, 5.41) is 0. The third-order valence-electron chi connectivity index (χ3n) is 3.11. The summed E-state index contributed by atoms with van der Waals surface area (Å²) in [7, 11) is 0. The highest BCUT2D eigenvalue weighted by Crippen LogP contribution is 2.19. The monoisotopic (exact) mass is 267 g/mol. The van der Waals surface area contributed by atoms with Crippen LogP contribution >= 0.6 is 11.8 Å². The first-order valence-corrected chi connectivity index (χ1v) is 7.40. The third kappa shape index (κ3) is 4.02. The molecule has 1 aliphatic heterocycles. The Morgan fingerprint density at radius 1 is 1.17 bits per heavy atom. The van der Waals surface area contributed by atoms with E-state index >= 15 is 0 Å². The largest absolute Gasteiger partial charge is 0.343 e. The zero-order valence-electron chi connectivity index (χ0n) is 10.4. The Hall–Kier alpha value is -1.03. The fourth-order valence-corrected chi connectivity index (χ4v) is 2.93. The molecule has 2 nitrogen and oxygen atoms in total. The van der Waals surface area contributed by atoms with E-state index < -0.39 is 0 Å². The van der Waals surface area contributed by atoms with Crippen LogP contribution in [0, 0.1) is 5.82 Å².